The third-order valence-electron chi connectivity index (χ3n) is 5.70. The second kappa shape index (κ2) is 7.42. The Morgan fingerprint density at radius 1 is 1.21 bits per heavy atom. The fraction of sp³-hybridized carbons (Fsp3) is 0.571. The van der Waals surface area contributed by atoms with Crippen molar-refractivity contribution in [2.45, 2.75) is 77.8 Å². The molecule has 1 N–H and O–H groups in total. The number of carbonyl (C=O) groups is 1. The van der Waals surface area contributed by atoms with Crippen LogP contribution in [0.2, 0.25) is 0 Å². The number of hydrogen-bond acceptors (Lipinski definition) is 1. The van der Waals surface area contributed by atoms with Crippen molar-refractivity contribution >= 4 is 16.8 Å². The molecule has 0 aliphatic carbocycles. The molecule has 2 aromatic rings. The summed E-state index contributed by atoms with van der Waals surface area (Å²) in [6.45, 7) is 6.57. The second-order valence-corrected chi connectivity index (χ2v) is 7.17. The Bertz CT molecular complexity index is 691. The summed E-state index contributed by atoms with van der Waals surface area (Å²) < 4.78 is 0. The molecule has 1 saturated heterocycles. The van der Waals surface area contributed by atoms with Crippen LogP contribution in [0.25, 0.3) is 10.9 Å². The highest BCUT2D eigenvalue weighted by molar-refractivity contribution is 5.87. The van der Waals surface area contributed by atoms with E-state index in [0.29, 0.717) is 24.4 Å². The van der Waals surface area contributed by atoms with E-state index in [0.717, 1.165) is 19.3 Å². The van der Waals surface area contributed by atoms with Gasteiger partial charge in [-0.1, -0.05) is 26.0 Å². The van der Waals surface area contributed by atoms with Gasteiger partial charge in [0.1, 0.15) is 0 Å². The fourth-order valence-electron chi connectivity index (χ4n) is 4.39. The summed E-state index contributed by atoms with van der Waals surface area (Å²) >= 11 is 0. The quantitative estimate of drug-likeness (QED) is 0.826. The Kier molecular flexibility index (Phi) is 5.27. The minimum Gasteiger partial charge on any atom is -0.361 e. The number of nitrogens with zero attached hydrogens (tertiary/aromatic N) is 1. The Hall–Kier alpha value is -1.77. The molecule has 1 aromatic carbocycles. The van der Waals surface area contributed by atoms with Gasteiger partial charge in [-0.2, -0.15) is 0 Å². The van der Waals surface area contributed by atoms with Crippen LogP contribution >= 0.6 is 0 Å². The van der Waals surface area contributed by atoms with Crippen molar-refractivity contribution in [3.05, 3.63) is 35.5 Å². The van der Waals surface area contributed by atoms with E-state index in [-0.39, 0.29) is 0 Å². The van der Waals surface area contributed by atoms with Gasteiger partial charge in [0.05, 0.1) is 0 Å². The van der Waals surface area contributed by atoms with Crippen molar-refractivity contribution < 1.29 is 4.79 Å². The molecule has 1 fully saturated rings. The summed E-state index contributed by atoms with van der Waals surface area (Å²) in [4.78, 5) is 18.5. The molecule has 1 aromatic heterocycles. The number of piperidine rings is 1. The maximum atomic E-state index is 13.0. The summed E-state index contributed by atoms with van der Waals surface area (Å²) in [6.07, 6.45) is 9.29. The summed E-state index contributed by atoms with van der Waals surface area (Å²) in [7, 11) is 0. The van der Waals surface area contributed by atoms with Gasteiger partial charge in [0.25, 0.3) is 0 Å². The van der Waals surface area contributed by atoms with Crippen molar-refractivity contribution in [3.63, 3.8) is 0 Å². The highest BCUT2D eigenvalue weighted by Gasteiger charge is 2.31. The number of nitrogens with one attached hydrogen (secondary N) is 1. The van der Waals surface area contributed by atoms with Gasteiger partial charge in [-0.05, 0) is 62.6 Å². The molecule has 1 aliphatic heterocycles. The van der Waals surface area contributed by atoms with E-state index in [1.165, 1.54) is 41.3 Å². The molecule has 1 aliphatic rings. The molecule has 3 rings (SSSR count). The Morgan fingerprint density at radius 2 is 1.92 bits per heavy atom. The SMILES string of the molecule is CCC1CCCC(CC)N1C(=O)CCc1c[nH]c2cccc(C)c12. The number of H-pyrrole nitrogens is 1. The first kappa shape index (κ1) is 17.1. The van der Waals surface area contributed by atoms with Crippen LogP contribution in [0.4, 0.5) is 0 Å². The van der Waals surface area contributed by atoms with E-state index in [1.807, 2.05) is 0 Å². The number of benzene rings is 1. The number of aryl methyl sites for hydroxylation is 2. The van der Waals surface area contributed by atoms with Gasteiger partial charge in [-0.25, -0.2) is 0 Å². The topological polar surface area (TPSA) is 36.1 Å². The van der Waals surface area contributed by atoms with Crippen LogP contribution in [-0.2, 0) is 11.2 Å². The van der Waals surface area contributed by atoms with E-state index >= 15 is 0 Å². The predicted molar refractivity (Wildman–Crippen MR) is 100 cm³/mol. The lowest BCUT2D eigenvalue weighted by Crippen LogP contribution is -2.49. The number of rotatable bonds is 5. The molecule has 0 radical (unpaired) electrons. The molecule has 2 heterocycles. The zero-order chi connectivity index (χ0) is 17.1. The van der Waals surface area contributed by atoms with Crippen molar-refractivity contribution in [3.8, 4) is 0 Å². The van der Waals surface area contributed by atoms with Gasteiger partial charge in [-0.15, -0.1) is 0 Å². The first-order chi connectivity index (χ1) is 11.7. The van der Waals surface area contributed by atoms with Gasteiger partial charge in [0.15, 0.2) is 0 Å². The van der Waals surface area contributed by atoms with E-state index in [9.17, 15) is 4.79 Å². The van der Waals surface area contributed by atoms with E-state index in [2.05, 4.69) is 55.1 Å². The molecule has 3 heteroatoms. The first-order valence-corrected chi connectivity index (χ1v) is 9.52. The average molecular weight is 326 g/mol. The molecule has 2 unspecified atom stereocenters. The monoisotopic (exact) mass is 326 g/mol. The third kappa shape index (κ3) is 3.22. The molecule has 130 valence electrons. The number of carbonyl (C=O) groups excluding carboxylic acids is 1. The lowest BCUT2D eigenvalue weighted by atomic mass is 9.91. The number of hydrogen-bond donors (Lipinski definition) is 1. The molecule has 0 bridgehead atoms. The van der Waals surface area contributed by atoms with Gasteiger partial charge < -0.3 is 9.88 Å². The minimum atomic E-state index is 0.344. The zero-order valence-electron chi connectivity index (χ0n) is 15.3. The van der Waals surface area contributed by atoms with Crippen molar-refractivity contribution in [2.24, 2.45) is 0 Å². The number of aromatic nitrogens is 1. The highest BCUT2D eigenvalue weighted by Crippen LogP contribution is 2.29. The summed E-state index contributed by atoms with van der Waals surface area (Å²) in [5.74, 6) is 0.344. The molecule has 3 nitrogen and oxygen atoms in total. The fourth-order valence-corrected chi connectivity index (χ4v) is 4.39. The van der Waals surface area contributed by atoms with E-state index < -0.39 is 0 Å². The van der Waals surface area contributed by atoms with Crippen molar-refractivity contribution in [1.29, 1.82) is 0 Å². The smallest absolute Gasteiger partial charge is 0.223 e. The summed E-state index contributed by atoms with van der Waals surface area (Å²) in [6, 6.07) is 7.22. The summed E-state index contributed by atoms with van der Waals surface area (Å²) in [5, 5.41) is 1.29. The number of likely N-dealkylation sites (tertiary alicyclic amines) is 1. The normalized spacial score (nSPS) is 21.4. The van der Waals surface area contributed by atoms with Gasteiger partial charge >= 0.3 is 0 Å². The van der Waals surface area contributed by atoms with Gasteiger partial charge in [-0.3, -0.25) is 4.79 Å². The summed E-state index contributed by atoms with van der Waals surface area (Å²) in [5.41, 5.74) is 3.73. The number of aromatic amines is 1. The van der Waals surface area contributed by atoms with Crippen LogP contribution in [0.15, 0.2) is 24.4 Å². The molecule has 24 heavy (non-hydrogen) atoms. The minimum absolute atomic E-state index is 0.344. The Labute approximate surface area is 145 Å². The maximum Gasteiger partial charge on any atom is 0.223 e. The lowest BCUT2D eigenvalue weighted by molar-refractivity contribution is -0.138. The zero-order valence-corrected chi connectivity index (χ0v) is 15.3. The first-order valence-electron chi connectivity index (χ1n) is 9.52. The lowest BCUT2D eigenvalue weighted by Gasteiger charge is -2.42. The van der Waals surface area contributed by atoms with Crippen LogP contribution < -0.4 is 0 Å². The maximum absolute atomic E-state index is 13.0. The Morgan fingerprint density at radius 3 is 2.58 bits per heavy atom. The predicted octanol–water partition coefficient (Wildman–Crippen LogP) is 4.98. The van der Waals surface area contributed by atoms with Crippen molar-refractivity contribution in [1.82, 2.24) is 9.88 Å². The highest BCUT2D eigenvalue weighted by atomic mass is 16.2. The van der Waals surface area contributed by atoms with Gasteiger partial charge in [0, 0.05) is 35.6 Å². The molecule has 0 spiro atoms. The van der Waals surface area contributed by atoms with Crippen LogP contribution in [0.3, 0.4) is 0 Å². The molecular formula is C21H30N2O. The van der Waals surface area contributed by atoms with Crippen LogP contribution in [0, 0.1) is 6.92 Å². The number of fused-ring (bicyclic) bond motifs is 1. The van der Waals surface area contributed by atoms with Crippen LogP contribution in [0.5, 0.6) is 0 Å². The average Bonchev–Trinajstić information content (AvgIpc) is 3.03. The van der Waals surface area contributed by atoms with E-state index in [4.69, 9.17) is 0 Å². The van der Waals surface area contributed by atoms with Gasteiger partial charge in [0.2, 0.25) is 5.91 Å². The van der Waals surface area contributed by atoms with E-state index in [1.54, 1.807) is 0 Å². The standard InChI is InChI=1S/C21H30N2O/c1-4-17-9-7-10-18(5-2)23(17)20(24)13-12-16-14-22-19-11-6-8-15(3)21(16)19/h6,8,11,14,17-18,22H,4-5,7,9-10,12-13H2,1-3H3. The largest absolute Gasteiger partial charge is 0.361 e. The van der Waals surface area contributed by atoms with Crippen LogP contribution in [0.1, 0.15) is 63.5 Å². The molecule has 1 amide bonds. The number of amides is 1. The molecular weight excluding hydrogens is 296 g/mol. The van der Waals surface area contributed by atoms with Crippen LogP contribution in [-0.4, -0.2) is 27.9 Å². The van der Waals surface area contributed by atoms with Crippen molar-refractivity contribution in [2.75, 3.05) is 0 Å². The second-order valence-electron chi connectivity index (χ2n) is 7.17. The molecule has 0 saturated carbocycles. The Balaban J connectivity index is 1.73. The third-order valence-corrected chi connectivity index (χ3v) is 5.70. The molecule has 2 atom stereocenters.